The van der Waals surface area contributed by atoms with Gasteiger partial charge in [-0.3, -0.25) is 10.1 Å². The number of benzene rings is 1. The minimum absolute atomic E-state index is 0.0736. The molecule has 116 valence electrons. The van der Waals surface area contributed by atoms with Crippen molar-refractivity contribution in [1.29, 1.82) is 0 Å². The molecule has 0 saturated heterocycles. The highest BCUT2D eigenvalue weighted by Gasteiger charge is 2.14. The summed E-state index contributed by atoms with van der Waals surface area (Å²) < 4.78 is 6.35. The van der Waals surface area contributed by atoms with Crippen molar-refractivity contribution in [2.45, 2.75) is 19.8 Å². The third-order valence-corrected chi connectivity index (χ3v) is 3.24. The zero-order valence-corrected chi connectivity index (χ0v) is 14.2. The van der Waals surface area contributed by atoms with Crippen molar-refractivity contribution in [3.05, 3.63) is 28.2 Å². The van der Waals surface area contributed by atoms with Crippen LogP contribution in [0, 0.1) is 0 Å². The SMILES string of the molecule is CCCOc1ccc(Br)cc1C(=O)NC(=S)NCCCO. The first kappa shape index (κ1) is 17.9. The molecule has 3 N–H and O–H groups in total. The fourth-order valence-corrected chi connectivity index (χ4v) is 2.07. The number of hydrogen-bond donors (Lipinski definition) is 3. The van der Waals surface area contributed by atoms with Gasteiger partial charge in [0, 0.05) is 17.6 Å². The number of ether oxygens (including phenoxy) is 1. The molecule has 1 amide bonds. The Balaban J connectivity index is 2.71. The van der Waals surface area contributed by atoms with Crippen molar-refractivity contribution in [3.63, 3.8) is 0 Å². The van der Waals surface area contributed by atoms with Gasteiger partial charge in [-0.1, -0.05) is 22.9 Å². The van der Waals surface area contributed by atoms with Crippen LogP contribution in [0.4, 0.5) is 0 Å². The maximum atomic E-state index is 12.2. The van der Waals surface area contributed by atoms with Crippen LogP contribution in [0.1, 0.15) is 30.1 Å². The maximum absolute atomic E-state index is 12.2. The lowest BCUT2D eigenvalue weighted by molar-refractivity contribution is 0.0972. The number of carbonyl (C=O) groups is 1. The highest BCUT2D eigenvalue weighted by atomic mass is 79.9. The molecule has 0 aliphatic rings. The van der Waals surface area contributed by atoms with Crippen LogP contribution >= 0.6 is 28.1 Å². The van der Waals surface area contributed by atoms with Gasteiger partial charge in [-0.15, -0.1) is 0 Å². The third kappa shape index (κ3) is 6.41. The predicted octanol–water partition coefficient (Wildman–Crippen LogP) is 2.22. The molecule has 0 saturated carbocycles. The number of aliphatic hydroxyl groups is 1. The summed E-state index contributed by atoms with van der Waals surface area (Å²) >= 11 is 8.37. The van der Waals surface area contributed by atoms with E-state index in [-0.39, 0.29) is 17.6 Å². The molecule has 0 spiro atoms. The fourth-order valence-electron chi connectivity index (χ4n) is 1.51. The van der Waals surface area contributed by atoms with Crippen LogP contribution in [0.2, 0.25) is 0 Å². The van der Waals surface area contributed by atoms with Gasteiger partial charge < -0.3 is 15.2 Å². The molecule has 0 bridgehead atoms. The molecule has 0 aliphatic heterocycles. The van der Waals surface area contributed by atoms with E-state index in [0.29, 0.717) is 30.9 Å². The van der Waals surface area contributed by atoms with Crippen molar-refractivity contribution in [2.75, 3.05) is 19.8 Å². The normalized spacial score (nSPS) is 10.0. The van der Waals surface area contributed by atoms with Crippen LogP contribution in [0.25, 0.3) is 0 Å². The number of hydrogen-bond acceptors (Lipinski definition) is 4. The number of thiocarbonyl (C=S) groups is 1. The van der Waals surface area contributed by atoms with E-state index in [2.05, 4.69) is 26.6 Å². The predicted molar refractivity (Wildman–Crippen MR) is 89.7 cm³/mol. The standard InChI is InChI=1S/C14H19BrN2O3S/c1-2-8-20-12-5-4-10(15)9-11(12)13(19)17-14(21)16-6-3-7-18/h4-5,9,18H,2-3,6-8H2,1H3,(H2,16,17,19,21). The van der Waals surface area contributed by atoms with Crippen molar-refractivity contribution >= 4 is 39.2 Å². The van der Waals surface area contributed by atoms with Crippen molar-refractivity contribution in [1.82, 2.24) is 10.6 Å². The Bertz CT molecular complexity index is 497. The second-order valence-electron chi connectivity index (χ2n) is 4.28. The molecule has 0 unspecified atom stereocenters. The Hall–Kier alpha value is -1.18. The van der Waals surface area contributed by atoms with Crippen molar-refractivity contribution < 1.29 is 14.6 Å². The summed E-state index contributed by atoms with van der Waals surface area (Å²) in [6, 6.07) is 5.26. The van der Waals surface area contributed by atoms with Crippen LogP contribution in [0.3, 0.4) is 0 Å². The van der Waals surface area contributed by atoms with Gasteiger partial charge >= 0.3 is 0 Å². The Morgan fingerprint density at radius 3 is 2.90 bits per heavy atom. The minimum Gasteiger partial charge on any atom is -0.493 e. The molecule has 5 nitrogen and oxygen atoms in total. The molecule has 7 heteroatoms. The molecule has 0 radical (unpaired) electrons. The minimum atomic E-state index is -0.330. The van der Waals surface area contributed by atoms with Crippen LogP contribution in [0.5, 0.6) is 5.75 Å². The molecular formula is C14H19BrN2O3S. The van der Waals surface area contributed by atoms with Crippen LogP contribution in [-0.4, -0.2) is 35.9 Å². The van der Waals surface area contributed by atoms with Gasteiger partial charge in [-0.25, -0.2) is 0 Å². The van der Waals surface area contributed by atoms with E-state index in [1.165, 1.54) is 0 Å². The monoisotopic (exact) mass is 374 g/mol. The largest absolute Gasteiger partial charge is 0.493 e. The zero-order valence-electron chi connectivity index (χ0n) is 11.8. The highest BCUT2D eigenvalue weighted by Crippen LogP contribution is 2.23. The highest BCUT2D eigenvalue weighted by molar-refractivity contribution is 9.10. The number of amides is 1. The summed E-state index contributed by atoms with van der Waals surface area (Å²) in [6.45, 7) is 3.12. The Morgan fingerprint density at radius 2 is 2.24 bits per heavy atom. The average Bonchev–Trinajstić information content (AvgIpc) is 2.46. The smallest absolute Gasteiger partial charge is 0.261 e. The number of carbonyl (C=O) groups excluding carboxylic acids is 1. The molecular weight excluding hydrogens is 356 g/mol. The lowest BCUT2D eigenvalue weighted by Crippen LogP contribution is -2.39. The lowest BCUT2D eigenvalue weighted by Gasteiger charge is -2.13. The van der Waals surface area contributed by atoms with Crippen LogP contribution in [0.15, 0.2) is 22.7 Å². The quantitative estimate of drug-likeness (QED) is 0.504. The first-order valence-electron chi connectivity index (χ1n) is 6.70. The number of rotatable bonds is 7. The van der Waals surface area contributed by atoms with Gasteiger partial charge in [0.1, 0.15) is 5.75 Å². The van der Waals surface area contributed by atoms with E-state index >= 15 is 0 Å². The van der Waals surface area contributed by atoms with Gasteiger partial charge in [-0.2, -0.15) is 0 Å². The number of aliphatic hydroxyl groups excluding tert-OH is 1. The summed E-state index contributed by atoms with van der Waals surface area (Å²) in [5.74, 6) is 0.194. The second-order valence-corrected chi connectivity index (χ2v) is 5.60. The Labute approximate surface area is 138 Å². The summed E-state index contributed by atoms with van der Waals surface area (Å²) in [6.07, 6.45) is 1.43. The molecule has 1 aromatic rings. The van der Waals surface area contributed by atoms with Gasteiger partial charge in [0.2, 0.25) is 0 Å². The van der Waals surface area contributed by atoms with Crippen LogP contribution in [-0.2, 0) is 0 Å². The van der Waals surface area contributed by atoms with Gasteiger partial charge in [0.25, 0.3) is 5.91 Å². The van der Waals surface area contributed by atoms with Gasteiger partial charge in [0.05, 0.1) is 12.2 Å². The van der Waals surface area contributed by atoms with E-state index in [4.69, 9.17) is 22.1 Å². The fraction of sp³-hybridized carbons (Fsp3) is 0.429. The van der Waals surface area contributed by atoms with Gasteiger partial charge in [-0.05, 0) is 43.3 Å². The number of halogens is 1. The summed E-state index contributed by atoms with van der Waals surface area (Å²) in [7, 11) is 0. The summed E-state index contributed by atoms with van der Waals surface area (Å²) in [4.78, 5) is 12.2. The van der Waals surface area contributed by atoms with E-state index in [0.717, 1.165) is 10.9 Å². The number of nitrogens with one attached hydrogen (secondary N) is 2. The zero-order chi connectivity index (χ0) is 15.7. The third-order valence-electron chi connectivity index (χ3n) is 2.50. The van der Waals surface area contributed by atoms with E-state index in [1.807, 2.05) is 13.0 Å². The molecule has 0 aliphatic carbocycles. The molecule has 0 fully saturated rings. The summed E-state index contributed by atoms with van der Waals surface area (Å²) in [5.41, 5.74) is 0.420. The maximum Gasteiger partial charge on any atom is 0.261 e. The molecule has 1 aromatic carbocycles. The summed E-state index contributed by atoms with van der Waals surface area (Å²) in [5, 5.41) is 14.4. The molecule has 21 heavy (non-hydrogen) atoms. The van der Waals surface area contributed by atoms with Crippen molar-refractivity contribution in [3.8, 4) is 5.75 Å². The Morgan fingerprint density at radius 1 is 1.48 bits per heavy atom. The van der Waals surface area contributed by atoms with Crippen molar-refractivity contribution in [2.24, 2.45) is 0 Å². The van der Waals surface area contributed by atoms with Gasteiger partial charge in [0.15, 0.2) is 5.11 Å². The van der Waals surface area contributed by atoms with Crippen LogP contribution < -0.4 is 15.4 Å². The second kappa shape index (κ2) is 9.70. The van der Waals surface area contributed by atoms with E-state index in [1.54, 1.807) is 12.1 Å². The Kier molecular flexibility index (Phi) is 8.26. The van der Waals surface area contributed by atoms with E-state index in [9.17, 15) is 4.79 Å². The van der Waals surface area contributed by atoms with E-state index < -0.39 is 0 Å². The topological polar surface area (TPSA) is 70.6 Å². The molecule has 0 atom stereocenters. The molecule has 0 heterocycles. The first-order chi connectivity index (χ1) is 10.1. The molecule has 0 aromatic heterocycles. The average molecular weight is 375 g/mol. The first-order valence-corrected chi connectivity index (χ1v) is 7.91. The lowest BCUT2D eigenvalue weighted by atomic mass is 10.2. The molecule has 1 rings (SSSR count).